The van der Waals surface area contributed by atoms with Crippen LogP contribution in [0.15, 0.2) is 54.6 Å². The number of carbonyl (C=O) groups is 1. The molecule has 1 atom stereocenters. The van der Waals surface area contributed by atoms with Crippen molar-refractivity contribution < 1.29 is 9.90 Å². The summed E-state index contributed by atoms with van der Waals surface area (Å²) in [5, 5.41) is 12.8. The van der Waals surface area contributed by atoms with Crippen LogP contribution >= 0.6 is 0 Å². The molecule has 0 unspecified atom stereocenters. The Morgan fingerprint density at radius 1 is 1.04 bits per heavy atom. The zero-order valence-corrected chi connectivity index (χ0v) is 14.3. The van der Waals surface area contributed by atoms with Crippen LogP contribution in [-0.4, -0.2) is 17.1 Å². The van der Waals surface area contributed by atoms with Crippen LogP contribution in [0.1, 0.15) is 50.2 Å². The lowest BCUT2D eigenvalue weighted by atomic mass is 9.70. The van der Waals surface area contributed by atoms with Crippen LogP contribution in [0, 0.1) is 5.41 Å². The molecule has 1 saturated carbocycles. The summed E-state index contributed by atoms with van der Waals surface area (Å²) in [4.78, 5) is 13.0. The molecular weight excluding hydrogens is 298 g/mol. The number of rotatable bonds is 5. The van der Waals surface area contributed by atoms with Crippen LogP contribution < -0.4 is 5.32 Å². The van der Waals surface area contributed by atoms with E-state index in [1.54, 1.807) is 12.1 Å². The van der Waals surface area contributed by atoms with E-state index < -0.39 is 5.41 Å². The molecule has 0 radical (unpaired) electrons. The molecule has 0 aliphatic heterocycles. The normalized spacial score (nSPS) is 16.2. The fraction of sp³-hybridized carbons (Fsp3) is 0.381. The first-order valence-corrected chi connectivity index (χ1v) is 8.63. The van der Waals surface area contributed by atoms with Crippen molar-refractivity contribution in [1.29, 1.82) is 0 Å². The van der Waals surface area contributed by atoms with Crippen molar-refractivity contribution in [3.8, 4) is 5.75 Å². The number of carbonyl (C=O) groups excluding carboxylic acids is 1. The predicted octanol–water partition coefficient (Wildman–Crippen LogP) is 4.22. The monoisotopic (exact) mass is 323 g/mol. The van der Waals surface area contributed by atoms with Crippen LogP contribution in [0.5, 0.6) is 5.75 Å². The Bertz CT molecular complexity index is 688. The maximum Gasteiger partial charge on any atom is 0.226 e. The number of nitrogens with one attached hydrogen (secondary N) is 1. The standard InChI is InChI=1S/C21H25NO2/c1-21(2,20(24)22-17-9-6-10-17)19(15-7-4-3-5-8-15)16-11-13-18(23)14-12-16/h3-5,7-8,11-14,17,19,23H,6,9-10H2,1-2H3,(H,22,24)/t19-/m0/s1. The summed E-state index contributed by atoms with van der Waals surface area (Å²) in [6, 6.07) is 17.6. The molecule has 0 heterocycles. The second-order valence-corrected chi connectivity index (χ2v) is 7.26. The molecule has 2 aromatic rings. The molecule has 24 heavy (non-hydrogen) atoms. The van der Waals surface area contributed by atoms with Crippen molar-refractivity contribution in [1.82, 2.24) is 5.32 Å². The lowest BCUT2D eigenvalue weighted by molar-refractivity contribution is -0.131. The quantitative estimate of drug-likeness (QED) is 0.865. The Morgan fingerprint density at radius 3 is 2.17 bits per heavy atom. The number of aromatic hydroxyl groups is 1. The van der Waals surface area contributed by atoms with Crippen molar-refractivity contribution >= 4 is 5.91 Å². The summed E-state index contributed by atoms with van der Waals surface area (Å²) in [6.45, 7) is 4.01. The number of amides is 1. The molecule has 2 N–H and O–H groups in total. The van der Waals surface area contributed by atoms with Gasteiger partial charge in [0, 0.05) is 12.0 Å². The van der Waals surface area contributed by atoms with Crippen LogP contribution in [0.4, 0.5) is 0 Å². The van der Waals surface area contributed by atoms with Gasteiger partial charge >= 0.3 is 0 Å². The lowest BCUT2D eigenvalue weighted by Gasteiger charge is -2.37. The molecule has 3 heteroatoms. The van der Waals surface area contributed by atoms with Crippen LogP contribution in [0.2, 0.25) is 0 Å². The Kier molecular flexibility index (Phi) is 4.61. The van der Waals surface area contributed by atoms with Crippen molar-refractivity contribution in [2.24, 2.45) is 5.41 Å². The van der Waals surface area contributed by atoms with E-state index in [4.69, 9.17) is 0 Å². The van der Waals surface area contributed by atoms with E-state index in [-0.39, 0.29) is 17.6 Å². The third kappa shape index (κ3) is 3.30. The van der Waals surface area contributed by atoms with E-state index in [0.717, 1.165) is 24.0 Å². The smallest absolute Gasteiger partial charge is 0.226 e. The second-order valence-electron chi connectivity index (χ2n) is 7.26. The van der Waals surface area contributed by atoms with Crippen LogP contribution in [-0.2, 0) is 4.79 Å². The van der Waals surface area contributed by atoms with Crippen molar-refractivity contribution in [3.63, 3.8) is 0 Å². The SMILES string of the molecule is CC(C)(C(=O)NC1CCC1)[C@@H](c1ccccc1)c1ccc(O)cc1. The Hall–Kier alpha value is -2.29. The minimum atomic E-state index is -0.589. The highest BCUT2D eigenvalue weighted by molar-refractivity contribution is 5.84. The van der Waals surface area contributed by atoms with Gasteiger partial charge in [0.25, 0.3) is 0 Å². The summed E-state index contributed by atoms with van der Waals surface area (Å²) in [5.74, 6) is 0.260. The molecule has 126 valence electrons. The molecule has 0 bridgehead atoms. The molecule has 0 spiro atoms. The predicted molar refractivity (Wildman–Crippen MR) is 96.0 cm³/mol. The van der Waals surface area contributed by atoms with E-state index in [9.17, 15) is 9.90 Å². The Labute approximate surface area is 143 Å². The van der Waals surface area contributed by atoms with Crippen molar-refractivity contribution in [2.45, 2.75) is 45.1 Å². The van der Waals surface area contributed by atoms with Crippen LogP contribution in [0.3, 0.4) is 0 Å². The average Bonchev–Trinajstić information content (AvgIpc) is 2.53. The molecule has 0 aromatic heterocycles. The number of hydrogen-bond acceptors (Lipinski definition) is 2. The van der Waals surface area contributed by atoms with Crippen LogP contribution in [0.25, 0.3) is 0 Å². The van der Waals surface area contributed by atoms with Gasteiger partial charge in [-0.1, -0.05) is 56.3 Å². The van der Waals surface area contributed by atoms with Gasteiger partial charge in [-0.2, -0.15) is 0 Å². The maximum atomic E-state index is 13.0. The maximum absolute atomic E-state index is 13.0. The second kappa shape index (κ2) is 6.68. The van der Waals surface area contributed by atoms with Gasteiger partial charge in [0.1, 0.15) is 5.75 Å². The first-order chi connectivity index (χ1) is 11.5. The highest BCUT2D eigenvalue weighted by Gasteiger charge is 2.40. The molecule has 3 rings (SSSR count). The summed E-state index contributed by atoms with van der Waals surface area (Å²) in [6.07, 6.45) is 3.36. The minimum absolute atomic E-state index is 0.0700. The third-order valence-electron chi connectivity index (χ3n) is 5.11. The van der Waals surface area contributed by atoms with Gasteiger partial charge < -0.3 is 10.4 Å². The highest BCUT2D eigenvalue weighted by atomic mass is 16.3. The van der Waals surface area contributed by atoms with E-state index in [2.05, 4.69) is 17.4 Å². The van der Waals surface area contributed by atoms with Gasteiger partial charge in [-0.05, 0) is 42.5 Å². The third-order valence-corrected chi connectivity index (χ3v) is 5.11. The number of benzene rings is 2. The molecule has 2 aromatic carbocycles. The highest BCUT2D eigenvalue weighted by Crippen LogP contribution is 2.42. The fourth-order valence-electron chi connectivity index (χ4n) is 3.39. The lowest BCUT2D eigenvalue weighted by Crippen LogP contribution is -2.48. The summed E-state index contributed by atoms with van der Waals surface area (Å²) >= 11 is 0. The Morgan fingerprint density at radius 2 is 1.62 bits per heavy atom. The summed E-state index contributed by atoms with van der Waals surface area (Å²) in [7, 11) is 0. The number of phenolic OH excluding ortho intramolecular Hbond substituents is 1. The molecule has 0 saturated heterocycles. The summed E-state index contributed by atoms with van der Waals surface area (Å²) < 4.78 is 0. The molecule has 1 amide bonds. The Balaban J connectivity index is 1.96. The first-order valence-electron chi connectivity index (χ1n) is 8.63. The van der Waals surface area contributed by atoms with Gasteiger partial charge in [-0.3, -0.25) is 4.79 Å². The van der Waals surface area contributed by atoms with E-state index >= 15 is 0 Å². The van der Waals surface area contributed by atoms with Crippen molar-refractivity contribution in [3.05, 3.63) is 65.7 Å². The average molecular weight is 323 g/mol. The van der Waals surface area contributed by atoms with E-state index in [1.165, 1.54) is 6.42 Å². The number of phenols is 1. The molecule has 1 aliphatic rings. The van der Waals surface area contributed by atoms with Gasteiger partial charge in [0.2, 0.25) is 5.91 Å². The van der Waals surface area contributed by atoms with Gasteiger partial charge in [-0.15, -0.1) is 0 Å². The first kappa shape index (κ1) is 16.6. The zero-order chi connectivity index (χ0) is 17.2. The molecule has 3 nitrogen and oxygen atoms in total. The largest absolute Gasteiger partial charge is 0.508 e. The van der Waals surface area contributed by atoms with Gasteiger partial charge in [-0.25, -0.2) is 0 Å². The van der Waals surface area contributed by atoms with E-state index in [0.29, 0.717) is 6.04 Å². The fourth-order valence-corrected chi connectivity index (χ4v) is 3.39. The topological polar surface area (TPSA) is 49.3 Å². The minimum Gasteiger partial charge on any atom is -0.508 e. The molecule has 1 aliphatic carbocycles. The molecular formula is C21H25NO2. The van der Waals surface area contributed by atoms with Crippen molar-refractivity contribution in [2.75, 3.05) is 0 Å². The zero-order valence-electron chi connectivity index (χ0n) is 14.3. The number of hydrogen-bond donors (Lipinski definition) is 2. The van der Waals surface area contributed by atoms with Gasteiger partial charge in [0.05, 0.1) is 5.41 Å². The van der Waals surface area contributed by atoms with E-state index in [1.807, 2.05) is 44.2 Å². The molecule has 1 fully saturated rings. The summed E-state index contributed by atoms with van der Waals surface area (Å²) in [5.41, 5.74) is 1.55. The van der Waals surface area contributed by atoms with Gasteiger partial charge in [0.15, 0.2) is 0 Å².